The average molecular weight is 246 g/mol. The number of thioether (sulfide) groups is 1. The highest BCUT2D eigenvalue weighted by atomic mass is 32.2. The summed E-state index contributed by atoms with van der Waals surface area (Å²) in [6.07, 6.45) is 5.32. The summed E-state index contributed by atoms with van der Waals surface area (Å²) < 4.78 is 0. The van der Waals surface area contributed by atoms with Gasteiger partial charge in [0.05, 0.1) is 6.54 Å². The van der Waals surface area contributed by atoms with Gasteiger partial charge in [-0.15, -0.1) is 0 Å². The molecule has 1 amide bonds. The van der Waals surface area contributed by atoms with Crippen molar-refractivity contribution in [3.05, 3.63) is 0 Å². The van der Waals surface area contributed by atoms with Crippen LogP contribution >= 0.6 is 11.8 Å². The smallest absolute Gasteiger partial charge is 0.234 e. The number of amides is 1. The standard InChI is InChI=1S/C12H26N2OS/c1-5-7-10(3)14-12(15)8-13-11(6-2)9-16-4/h10-11,13H,5-9H2,1-4H3,(H,14,15). The van der Waals surface area contributed by atoms with Crippen molar-refractivity contribution in [2.45, 2.75) is 52.1 Å². The number of carbonyl (C=O) groups is 1. The Hall–Kier alpha value is -0.220. The van der Waals surface area contributed by atoms with E-state index in [1.165, 1.54) is 0 Å². The first-order valence-electron chi connectivity index (χ1n) is 6.15. The summed E-state index contributed by atoms with van der Waals surface area (Å²) in [7, 11) is 0. The molecule has 16 heavy (non-hydrogen) atoms. The van der Waals surface area contributed by atoms with Crippen molar-refractivity contribution in [2.24, 2.45) is 0 Å². The largest absolute Gasteiger partial charge is 0.353 e. The molecule has 0 radical (unpaired) electrons. The summed E-state index contributed by atoms with van der Waals surface area (Å²) in [6, 6.07) is 0.738. The minimum Gasteiger partial charge on any atom is -0.353 e. The van der Waals surface area contributed by atoms with Gasteiger partial charge in [0, 0.05) is 17.8 Å². The molecule has 2 unspecified atom stereocenters. The molecule has 0 bridgehead atoms. The highest BCUT2D eigenvalue weighted by molar-refractivity contribution is 7.98. The van der Waals surface area contributed by atoms with E-state index in [1.807, 2.05) is 11.8 Å². The normalized spacial score (nSPS) is 14.5. The van der Waals surface area contributed by atoms with Crippen molar-refractivity contribution in [3.8, 4) is 0 Å². The molecule has 0 rings (SSSR count). The fourth-order valence-electron chi connectivity index (χ4n) is 1.59. The van der Waals surface area contributed by atoms with Gasteiger partial charge in [-0.2, -0.15) is 11.8 Å². The summed E-state index contributed by atoms with van der Waals surface area (Å²) in [5.41, 5.74) is 0. The fourth-order valence-corrected chi connectivity index (χ4v) is 2.35. The molecule has 0 aliphatic heterocycles. The molecule has 0 spiro atoms. The second kappa shape index (κ2) is 9.97. The topological polar surface area (TPSA) is 41.1 Å². The molecule has 0 saturated heterocycles. The molecule has 0 aromatic rings. The highest BCUT2D eigenvalue weighted by Crippen LogP contribution is 2.00. The van der Waals surface area contributed by atoms with Crippen LogP contribution in [0, 0.1) is 0 Å². The number of nitrogens with one attached hydrogen (secondary N) is 2. The lowest BCUT2D eigenvalue weighted by molar-refractivity contribution is -0.121. The molecule has 0 aromatic heterocycles. The van der Waals surface area contributed by atoms with E-state index in [0.717, 1.165) is 25.0 Å². The molecule has 2 N–H and O–H groups in total. The third-order valence-electron chi connectivity index (χ3n) is 2.54. The highest BCUT2D eigenvalue weighted by Gasteiger charge is 2.09. The maximum atomic E-state index is 11.6. The van der Waals surface area contributed by atoms with Crippen LogP contribution in [0.4, 0.5) is 0 Å². The van der Waals surface area contributed by atoms with Gasteiger partial charge < -0.3 is 10.6 Å². The first-order chi connectivity index (χ1) is 7.63. The molecule has 96 valence electrons. The Morgan fingerprint density at radius 2 is 2.06 bits per heavy atom. The van der Waals surface area contributed by atoms with E-state index in [1.54, 1.807) is 0 Å². The Balaban J connectivity index is 3.70. The zero-order valence-electron chi connectivity index (χ0n) is 11.0. The first-order valence-corrected chi connectivity index (χ1v) is 7.55. The predicted octanol–water partition coefficient (Wildman–Crippen LogP) is 2.02. The Kier molecular flexibility index (Phi) is 9.83. The van der Waals surface area contributed by atoms with Crippen molar-refractivity contribution < 1.29 is 4.79 Å². The number of carbonyl (C=O) groups excluding carboxylic acids is 1. The number of hydrogen-bond donors (Lipinski definition) is 2. The summed E-state index contributed by atoms with van der Waals surface area (Å²) in [6.45, 7) is 6.77. The lowest BCUT2D eigenvalue weighted by Crippen LogP contribution is -2.42. The van der Waals surface area contributed by atoms with Crippen LogP contribution in [0.3, 0.4) is 0 Å². The van der Waals surface area contributed by atoms with Gasteiger partial charge >= 0.3 is 0 Å². The van der Waals surface area contributed by atoms with E-state index >= 15 is 0 Å². The van der Waals surface area contributed by atoms with E-state index < -0.39 is 0 Å². The van der Waals surface area contributed by atoms with Crippen LogP contribution in [0.5, 0.6) is 0 Å². The van der Waals surface area contributed by atoms with Crippen molar-refractivity contribution >= 4 is 17.7 Å². The lowest BCUT2D eigenvalue weighted by Gasteiger charge is -2.17. The summed E-state index contributed by atoms with van der Waals surface area (Å²) in [5.74, 6) is 1.18. The predicted molar refractivity (Wildman–Crippen MR) is 73.0 cm³/mol. The second-order valence-electron chi connectivity index (χ2n) is 4.20. The molecule has 0 fully saturated rings. The maximum Gasteiger partial charge on any atom is 0.234 e. The van der Waals surface area contributed by atoms with Crippen LogP contribution in [0.25, 0.3) is 0 Å². The fraction of sp³-hybridized carbons (Fsp3) is 0.917. The summed E-state index contributed by atoms with van der Waals surface area (Å²) >= 11 is 1.81. The molecule has 0 aromatic carbocycles. The molecule has 0 heterocycles. The van der Waals surface area contributed by atoms with E-state index in [4.69, 9.17) is 0 Å². The zero-order valence-corrected chi connectivity index (χ0v) is 11.8. The summed E-state index contributed by atoms with van der Waals surface area (Å²) in [4.78, 5) is 11.6. The van der Waals surface area contributed by atoms with Crippen LogP contribution in [0.2, 0.25) is 0 Å². The van der Waals surface area contributed by atoms with E-state index in [2.05, 4.69) is 37.7 Å². The van der Waals surface area contributed by atoms with Gasteiger partial charge in [0.25, 0.3) is 0 Å². The average Bonchev–Trinajstić information content (AvgIpc) is 2.24. The number of rotatable bonds is 9. The molecular weight excluding hydrogens is 220 g/mol. The van der Waals surface area contributed by atoms with Gasteiger partial charge in [-0.25, -0.2) is 0 Å². The Morgan fingerprint density at radius 1 is 1.38 bits per heavy atom. The lowest BCUT2D eigenvalue weighted by atomic mass is 10.2. The maximum absolute atomic E-state index is 11.6. The van der Waals surface area contributed by atoms with E-state index in [9.17, 15) is 4.79 Å². The minimum atomic E-state index is 0.112. The SMILES string of the molecule is CCCC(C)NC(=O)CNC(CC)CSC. The molecule has 4 heteroatoms. The monoisotopic (exact) mass is 246 g/mol. The van der Waals surface area contributed by atoms with Crippen LogP contribution in [0.1, 0.15) is 40.0 Å². The van der Waals surface area contributed by atoms with Gasteiger partial charge in [0.15, 0.2) is 0 Å². The van der Waals surface area contributed by atoms with Crippen molar-refractivity contribution in [2.75, 3.05) is 18.6 Å². The van der Waals surface area contributed by atoms with Crippen molar-refractivity contribution in [3.63, 3.8) is 0 Å². The third-order valence-corrected chi connectivity index (χ3v) is 3.28. The molecule has 2 atom stereocenters. The molecule has 0 aliphatic rings. The van der Waals surface area contributed by atoms with Gasteiger partial charge in [-0.3, -0.25) is 4.79 Å². The van der Waals surface area contributed by atoms with Crippen LogP contribution < -0.4 is 10.6 Å². The third kappa shape index (κ3) is 7.99. The molecular formula is C12H26N2OS. The summed E-state index contributed by atoms with van der Waals surface area (Å²) in [5, 5.41) is 6.28. The molecule has 0 saturated carbocycles. The Labute approximate surface area is 104 Å². The van der Waals surface area contributed by atoms with Gasteiger partial charge in [0.2, 0.25) is 5.91 Å². The Bertz CT molecular complexity index is 188. The number of hydrogen-bond acceptors (Lipinski definition) is 3. The van der Waals surface area contributed by atoms with Crippen molar-refractivity contribution in [1.29, 1.82) is 0 Å². The van der Waals surface area contributed by atoms with Crippen LogP contribution in [0.15, 0.2) is 0 Å². The molecule has 3 nitrogen and oxygen atoms in total. The van der Waals surface area contributed by atoms with Crippen LogP contribution in [-0.2, 0) is 4.79 Å². The van der Waals surface area contributed by atoms with Gasteiger partial charge in [-0.1, -0.05) is 20.3 Å². The molecule has 0 aliphatic carbocycles. The van der Waals surface area contributed by atoms with Gasteiger partial charge in [0.1, 0.15) is 0 Å². The van der Waals surface area contributed by atoms with Crippen LogP contribution in [-0.4, -0.2) is 36.5 Å². The quantitative estimate of drug-likeness (QED) is 0.654. The zero-order chi connectivity index (χ0) is 12.4. The minimum absolute atomic E-state index is 0.112. The Morgan fingerprint density at radius 3 is 2.56 bits per heavy atom. The second-order valence-corrected chi connectivity index (χ2v) is 5.11. The van der Waals surface area contributed by atoms with Crippen molar-refractivity contribution in [1.82, 2.24) is 10.6 Å². The first kappa shape index (κ1) is 15.8. The van der Waals surface area contributed by atoms with E-state index in [0.29, 0.717) is 18.6 Å². The van der Waals surface area contributed by atoms with Gasteiger partial charge in [-0.05, 0) is 26.0 Å². The van der Waals surface area contributed by atoms with E-state index in [-0.39, 0.29) is 5.91 Å².